The highest BCUT2D eigenvalue weighted by Crippen LogP contribution is 2.43. The standard InChI is InChI=1S/C25H31N3O4S/c1-25(2)13-21-23(22(29)14-25)18-4-3-5-20(18)28(21)16-6-7-17(24(26)30)19(12-16)27-15-8-10-33(31,32)11-9-15/h6-7,12,15,27H,3-5,8-11,13-14H2,1-2H3,(H2,26,30). The number of amides is 1. The van der Waals surface area contributed by atoms with Crippen molar-refractivity contribution in [2.45, 2.75) is 64.8 Å². The van der Waals surface area contributed by atoms with E-state index < -0.39 is 15.7 Å². The molecule has 0 bridgehead atoms. The largest absolute Gasteiger partial charge is 0.382 e. The number of hydrogen-bond donors (Lipinski definition) is 2. The Bertz CT molecular complexity index is 1260. The van der Waals surface area contributed by atoms with Crippen molar-refractivity contribution in [1.82, 2.24) is 4.57 Å². The first-order chi connectivity index (χ1) is 15.5. The lowest BCUT2D eigenvalue weighted by Gasteiger charge is -2.30. The predicted octanol–water partition coefficient (Wildman–Crippen LogP) is 3.21. The van der Waals surface area contributed by atoms with Gasteiger partial charge in [0.15, 0.2) is 5.78 Å². The highest BCUT2D eigenvalue weighted by molar-refractivity contribution is 7.91. The third-order valence-corrected chi connectivity index (χ3v) is 9.04. The lowest BCUT2D eigenvalue weighted by atomic mass is 9.75. The van der Waals surface area contributed by atoms with Crippen molar-refractivity contribution in [2.75, 3.05) is 16.8 Å². The Hall–Kier alpha value is -2.61. The third-order valence-electron chi connectivity index (χ3n) is 7.32. The molecule has 5 rings (SSSR count). The number of ketones is 1. The average Bonchev–Trinajstić information content (AvgIpc) is 3.28. The molecule has 0 saturated carbocycles. The molecule has 176 valence electrons. The van der Waals surface area contributed by atoms with Crippen LogP contribution in [0.2, 0.25) is 0 Å². The van der Waals surface area contributed by atoms with Crippen LogP contribution in [-0.4, -0.2) is 42.2 Å². The Morgan fingerprint density at radius 2 is 1.85 bits per heavy atom. The van der Waals surface area contributed by atoms with Gasteiger partial charge in [0.25, 0.3) is 5.91 Å². The summed E-state index contributed by atoms with van der Waals surface area (Å²) in [6.07, 6.45) is 5.28. The minimum Gasteiger partial charge on any atom is -0.382 e. The second-order valence-electron chi connectivity index (χ2n) is 10.5. The van der Waals surface area contributed by atoms with Crippen LogP contribution in [0.25, 0.3) is 5.69 Å². The molecule has 3 N–H and O–H groups in total. The molecule has 0 radical (unpaired) electrons. The Morgan fingerprint density at radius 1 is 1.12 bits per heavy atom. The van der Waals surface area contributed by atoms with Crippen LogP contribution in [0, 0.1) is 5.41 Å². The zero-order valence-electron chi connectivity index (χ0n) is 19.2. The Balaban J connectivity index is 1.59. The molecule has 1 aromatic carbocycles. The number of nitrogens with zero attached hydrogens (tertiary/aromatic N) is 1. The number of rotatable bonds is 4. The van der Waals surface area contributed by atoms with E-state index in [0.29, 0.717) is 30.5 Å². The van der Waals surface area contributed by atoms with Crippen LogP contribution < -0.4 is 11.1 Å². The number of Topliss-reactive ketones (excluding diaryl/α,β-unsaturated/α-hetero) is 1. The maximum absolute atomic E-state index is 13.1. The molecule has 0 atom stereocenters. The van der Waals surface area contributed by atoms with Gasteiger partial charge in [-0.05, 0) is 67.7 Å². The highest BCUT2D eigenvalue weighted by Gasteiger charge is 2.39. The number of carbonyl (C=O) groups excluding carboxylic acids is 2. The number of primary amides is 1. The zero-order chi connectivity index (χ0) is 23.5. The average molecular weight is 470 g/mol. The minimum atomic E-state index is -2.98. The Labute approximate surface area is 194 Å². The van der Waals surface area contributed by atoms with Gasteiger partial charge < -0.3 is 15.6 Å². The molecular formula is C25H31N3O4S. The molecule has 8 heteroatoms. The second kappa shape index (κ2) is 7.72. The van der Waals surface area contributed by atoms with Crippen LogP contribution in [-0.2, 0) is 29.1 Å². The van der Waals surface area contributed by atoms with E-state index in [1.54, 1.807) is 6.07 Å². The van der Waals surface area contributed by atoms with E-state index in [-0.39, 0.29) is 28.7 Å². The van der Waals surface area contributed by atoms with Gasteiger partial charge in [-0.1, -0.05) is 13.8 Å². The lowest BCUT2D eigenvalue weighted by Crippen LogP contribution is -2.33. The molecule has 1 saturated heterocycles. The first kappa shape index (κ1) is 22.2. The monoisotopic (exact) mass is 469 g/mol. The van der Waals surface area contributed by atoms with E-state index in [4.69, 9.17) is 5.73 Å². The van der Waals surface area contributed by atoms with Gasteiger partial charge in [0, 0.05) is 40.8 Å². The van der Waals surface area contributed by atoms with Crippen LogP contribution in [0.5, 0.6) is 0 Å². The molecule has 0 spiro atoms. The van der Waals surface area contributed by atoms with E-state index in [1.165, 1.54) is 11.3 Å². The number of sulfone groups is 1. The van der Waals surface area contributed by atoms with Gasteiger partial charge in [-0.2, -0.15) is 0 Å². The topological polar surface area (TPSA) is 111 Å². The fourth-order valence-corrected chi connectivity index (χ4v) is 7.29. The van der Waals surface area contributed by atoms with Crippen LogP contribution in [0.3, 0.4) is 0 Å². The van der Waals surface area contributed by atoms with Gasteiger partial charge >= 0.3 is 0 Å². The van der Waals surface area contributed by atoms with Crippen LogP contribution in [0.1, 0.15) is 77.2 Å². The SMILES string of the molecule is CC1(C)CC(=O)c2c3c(n(-c4ccc(C(N)=O)c(NC5CCS(=O)(=O)CC5)c4)c2C1)CCC3. The van der Waals surface area contributed by atoms with E-state index in [0.717, 1.165) is 42.6 Å². The molecular weight excluding hydrogens is 438 g/mol. The first-order valence-corrected chi connectivity index (χ1v) is 13.6. The van der Waals surface area contributed by atoms with Crippen molar-refractivity contribution in [3.8, 4) is 5.69 Å². The van der Waals surface area contributed by atoms with Crippen LogP contribution >= 0.6 is 0 Å². The maximum atomic E-state index is 13.1. The van der Waals surface area contributed by atoms with E-state index in [2.05, 4.69) is 23.7 Å². The second-order valence-corrected chi connectivity index (χ2v) is 12.8. The molecule has 1 amide bonds. The molecule has 1 aromatic heterocycles. The number of aromatic nitrogens is 1. The molecule has 2 aliphatic carbocycles. The van der Waals surface area contributed by atoms with Gasteiger partial charge in [0.2, 0.25) is 0 Å². The molecule has 0 unspecified atom stereocenters. The normalized spacial score (nSPS) is 21.5. The summed E-state index contributed by atoms with van der Waals surface area (Å²) in [7, 11) is -2.98. The molecule has 33 heavy (non-hydrogen) atoms. The molecule has 3 aliphatic rings. The summed E-state index contributed by atoms with van der Waals surface area (Å²) in [5.74, 6) is -0.00441. The van der Waals surface area contributed by atoms with Crippen molar-refractivity contribution in [2.24, 2.45) is 11.1 Å². The van der Waals surface area contributed by atoms with Crippen molar-refractivity contribution >= 4 is 27.2 Å². The number of hydrogen-bond acceptors (Lipinski definition) is 5. The number of nitrogens with two attached hydrogens (primary N) is 1. The number of fused-ring (bicyclic) bond motifs is 3. The summed E-state index contributed by atoms with van der Waals surface area (Å²) < 4.78 is 25.9. The van der Waals surface area contributed by atoms with Gasteiger partial charge in [-0.25, -0.2) is 8.42 Å². The Morgan fingerprint density at radius 3 is 2.55 bits per heavy atom. The predicted molar refractivity (Wildman–Crippen MR) is 128 cm³/mol. The number of benzene rings is 1. The fraction of sp³-hybridized carbons (Fsp3) is 0.520. The highest BCUT2D eigenvalue weighted by atomic mass is 32.2. The van der Waals surface area contributed by atoms with Crippen LogP contribution in [0.4, 0.5) is 5.69 Å². The van der Waals surface area contributed by atoms with E-state index in [1.807, 2.05) is 12.1 Å². The molecule has 1 fully saturated rings. The molecule has 2 aromatic rings. The summed E-state index contributed by atoms with van der Waals surface area (Å²) in [5.41, 5.74) is 11.9. The summed E-state index contributed by atoms with van der Waals surface area (Å²) in [5, 5.41) is 3.40. The summed E-state index contributed by atoms with van der Waals surface area (Å²) in [4.78, 5) is 25.2. The molecule has 7 nitrogen and oxygen atoms in total. The lowest BCUT2D eigenvalue weighted by molar-refractivity contribution is 0.0909. The van der Waals surface area contributed by atoms with Crippen molar-refractivity contribution in [3.63, 3.8) is 0 Å². The number of nitrogens with one attached hydrogen (secondary N) is 1. The molecule has 1 aliphatic heterocycles. The van der Waals surface area contributed by atoms with Crippen molar-refractivity contribution in [3.05, 3.63) is 46.3 Å². The van der Waals surface area contributed by atoms with Gasteiger partial charge in [-0.3, -0.25) is 9.59 Å². The van der Waals surface area contributed by atoms with Crippen molar-refractivity contribution in [1.29, 1.82) is 0 Å². The number of carbonyl (C=O) groups is 2. The van der Waals surface area contributed by atoms with E-state index in [9.17, 15) is 18.0 Å². The third kappa shape index (κ3) is 3.98. The van der Waals surface area contributed by atoms with E-state index >= 15 is 0 Å². The maximum Gasteiger partial charge on any atom is 0.250 e. The first-order valence-electron chi connectivity index (χ1n) is 11.7. The Kier molecular flexibility index (Phi) is 5.19. The number of anilines is 1. The van der Waals surface area contributed by atoms with Gasteiger partial charge in [0.1, 0.15) is 9.84 Å². The minimum absolute atomic E-state index is 0.0355. The van der Waals surface area contributed by atoms with Crippen molar-refractivity contribution < 1.29 is 18.0 Å². The molecule has 2 heterocycles. The van der Waals surface area contributed by atoms with Crippen LogP contribution in [0.15, 0.2) is 18.2 Å². The zero-order valence-corrected chi connectivity index (χ0v) is 20.1. The fourth-order valence-electron chi connectivity index (χ4n) is 5.80. The quantitative estimate of drug-likeness (QED) is 0.714. The smallest absolute Gasteiger partial charge is 0.250 e. The van der Waals surface area contributed by atoms with Gasteiger partial charge in [0.05, 0.1) is 17.1 Å². The van der Waals surface area contributed by atoms with Gasteiger partial charge in [-0.15, -0.1) is 0 Å². The summed E-state index contributed by atoms with van der Waals surface area (Å²) in [6.45, 7) is 4.27. The summed E-state index contributed by atoms with van der Waals surface area (Å²) >= 11 is 0. The summed E-state index contributed by atoms with van der Waals surface area (Å²) in [6, 6.07) is 5.55.